The van der Waals surface area contributed by atoms with Gasteiger partial charge in [-0.3, -0.25) is 9.48 Å². The molecule has 1 aromatic carbocycles. The van der Waals surface area contributed by atoms with E-state index in [0.29, 0.717) is 17.3 Å². The molecule has 0 aliphatic rings. The Hall–Kier alpha value is -2.50. The number of ether oxygens (including phenoxy) is 2. The minimum absolute atomic E-state index is 0.157. The normalized spacial score (nSPS) is 10.2. The Morgan fingerprint density at radius 1 is 1.30 bits per heavy atom. The maximum absolute atomic E-state index is 12.0. The van der Waals surface area contributed by atoms with Gasteiger partial charge in [0.2, 0.25) is 5.91 Å². The van der Waals surface area contributed by atoms with Crippen molar-refractivity contribution >= 4 is 11.7 Å². The van der Waals surface area contributed by atoms with Crippen LogP contribution in [0.25, 0.3) is 0 Å². The molecule has 0 aliphatic carbocycles. The van der Waals surface area contributed by atoms with Gasteiger partial charge in [-0.1, -0.05) is 0 Å². The number of anilines is 1. The van der Waals surface area contributed by atoms with Crippen LogP contribution in [0.2, 0.25) is 0 Å². The predicted octanol–water partition coefficient (Wildman–Crippen LogP) is 1.62. The number of hydrogen-bond acceptors (Lipinski definition) is 4. The van der Waals surface area contributed by atoms with Gasteiger partial charge in [0, 0.05) is 24.9 Å². The van der Waals surface area contributed by atoms with Crippen molar-refractivity contribution in [2.45, 2.75) is 6.42 Å². The SMILES string of the molecule is COc1ccc(OC)c(CC(=O)Nc2ccn(C)n2)c1. The number of benzene rings is 1. The van der Waals surface area contributed by atoms with Gasteiger partial charge in [0.05, 0.1) is 20.6 Å². The molecule has 1 heterocycles. The molecule has 1 N–H and O–H groups in total. The van der Waals surface area contributed by atoms with Gasteiger partial charge >= 0.3 is 0 Å². The van der Waals surface area contributed by atoms with E-state index in [2.05, 4.69) is 10.4 Å². The van der Waals surface area contributed by atoms with E-state index in [4.69, 9.17) is 9.47 Å². The second kappa shape index (κ2) is 6.10. The average Bonchev–Trinajstić information content (AvgIpc) is 2.83. The lowest BCUT2D eigenvalue weighted by Crippen LogP contribution is -2.15. The first-order valence-corrected chi connectivity index (χ1v) is 6.13. The zero-order valence-electron chi connectivity index (χ0n) is 11.7. The molecule has 0 unspecified atom stereocenters. The zero-order chi connectivity index (χ0) is 14.5. The van der Waals surface area contributed by atoms with Gasteiger partial charge in [0.25, 0.3) is 0 Å². The van der Waals surface area contributed by atoms with Gasteiger partial charge in [-0.2, -0.15) is 5.10 Å². The summed E-state index contributed by atoms with van der Waals surface area (Å²) >= 11 is 0. The summed E-state index contributed by atoms with van der Waals surface area (Å²) in [6.07, 6.45) is 1.96. The Morgan fingerprint density at radius 2 is 2.10 bits per heavy atom. The Balaban J connectivity index is 2.10. The van der Waals surface area contributed by atoms with Crippen molar-refractivity contribution in [1.82, 2.24) is 9.78 Å². The van der Waals surface area contributed by atoms with E-state index in [9.17, 15) is 4.79 Å². The summed E-state index contributed by atoms with van der Waals surface area (Å²) in [5.74, 6) is 1.71. The summed E-state index contributed by atoms with van der Waals surface area (Å²) in [5, 5.41) is 6.83. The quantitative estimate of drug-likeness (QED) is 0.900. The van der Waals surface area contributed by atoms with Gasteiger partial charge in [-0.25, -0.2) is 0 Å². The summed E-state index contributed by atoms with van der Waals surface area (Å²) in [4.78, 5) is 12.0. The van der Waals surface area contributed by atoms with Crippen LogP contribution in [0.3, 0.4) is 0 Å². The van der Waals surface area contributed by atoms with E-state index in [0.717, 1.165) is 5.56 Å². The van der Waals surface area contributed by atoms with Crippen LogP contribution < -0.4 is 14.8 Å². The minimum Gasteiger partial charge on any atom is -0.497 e. The van der Waals surface area contributed by atoms with Crippen molar-refractivity contribution < 1.29 is 14.3 Å². The highest BCUT2D eigenvalue weighted by molar-refractivity contribution is 5.91. The van der Waals surface area contributed by atoms with Crippen LogP contribution in [0, 0.1) is 0 Å². The van der Waals surface area contributed by atoms with E-state index < -0.39 is 0 Å². The largest absolute Gasteiger partial charge is 0.497 e. The van der Waals surface area contributed by atoms with E-state index in [1.165, 1.54) is 0 Å². The molecule has 0 spiro atoms. The molecular weight excluding hydrogens is 258 g/mol. The number of rotatable bonds is 5. The first kappa shape index (κ1) is 13.9. The standard InChI is InChI=1S/C14H17N3O3/c1-17-7-6-13(16-17)15-14(18)9-10-8-11(19-2)4-5-12(10)20-3/h4-8H,9H2,1-3H3,(H,15,16,18). The molecule has 6 nitrogen and oxygen atoms in total. The van der Waals surface area contributed by atoms with Gasteiger partial charge in [0.15, 0.2) is 5.82 Å². The molecule has 2 rings (SSSR count). The molecule has 0 saturated heterocycles. The third-order valence-corrected chi connectivity index (χ3v) is 2.82. The number of carbonyl (C=O) groups excluding carboxylic acids is 1. The molecule has 0 radical (unpaired) electrons. The highest BCUT2D eigenvalue weighted by atomic mass is 16.5. The van der Waals surface area contributed by atoms with E-state index in [1.54, 1.807) is 56.4 Å². The van der Waals surface area contributed by atoms with Crippen molar-refractivity contribution in [3.8, 4) is 11.5 Å². The third-order valence-electron chi connectivity index (χ3n) is 2.82. The number of nitrogens with zero attached hydrogens (tertiary/aromatic N) is 2. The molecule has 2 aromatic rings. The third kappa shape index (κ3) is 3.28. The van der Waals surface area contributed by atoms with Crippen LogP contribution in [0.15, 0.2) is 30.5 Å². The smallest absolute Gasteiger partial charge is 0.230 e. The molecule has 1 aromatic heterocycles. The number of carbonyl (C=O) groups is 1. The molecule has 0 saturated carbocycles. The number of nitrogens with one attached hydrogen (secondary N) is 1. The summed E-state index contributed by atoms with van der Waals surface area (Å²) in [5.41, 5.74) is 0.764. The van der Waals surface area contributed by atoms with Crippen LogP contribution >= 0.6 is 0 Å². The second-order valence-electron chi connectivity index (χ2n) is 4.28. The molecule has 0 aliphatic heterocycles. The van der Waals surface area contributed by atoms with Gasteiger partial charge in [-0.15, -0.1) is 0 Å². The fourth-order valence-electron chi connectivity index (χ4n) is 1.86. The Morgan fingerprint density at radius 3 is 2.70 bits per heavy atom. The van der Waals surface area contributed by atoms with E-state index in [1.807, 2.05) is 0 Å². The monoisotopic (exact) mass is 275 g/mol. The lowest BCUT2D eigenvalue weighted by molar-refractivity contribution is -0.115. The number of amides is 1. The molecule has 0 fully saturated rings. The molecule has 20 heavy (non-hydrogen) atoms. The van der Waals surface area contributed by atoms with Crippen molar-refractivity contribution in [3.63, 3.8) is 0 Å². The van der Waals surface area contributed by atoms with Gasteiger partial charge in [-0.05, 0) is 18.2 Å². The maximum atomic E-state index is 12.0. The van der Waals surface area contributed by atoms with E-state index in [-0.39, 0.29) is 12.3 Å². The molecule has 106 valence electrons. The van der Waals surface area contributed by atoms with Crippen LogP contribution in [0.1, 0.15) is 5.56 Å². The highest BCUT2D eigenvalue weighted by Gasteiger charge is 2.11. The van der Waals surface area contributed by atoms with Crippen molar-refractivity contribution in [1.29, 1.82) is 0 Å². The molecule has 1 amide bonds. The lowest BCUT2D eigenvalue weighted by Gasteiger charge is -2.10. The van der Waals surface area contributed by atoms with Crippen molar-refractivity contribution in [2.75, 3.05) is 19.5 Å². The zero-order valence-corrected chi connectivity index (χ0v) is 11.7. The second-order valence-corrected chi connectivity index (χ2v) is 4.28. The Bertz CT molecular complexity index is 607. The number of aryl methyl sites for hydroxylation is 1. The summed E-state index contributed by atoms with van der Waals surface area (Å²) < 4.78 is 12.0. The molecule has 0 atom stereocenters. The van der Waals surface area contributed by atoms with Gasteiger partial charge < -0.3 is 14.8 Å². The predicted molar refractivity (Wildman–Crippen MR) is 75.1 cm³/mol. The summed E-state index contributed by atoms with van der Waals surface area (Å²) in [6, 6.07) is 7.10. The van der Waals surface area contributed by atoms with Gasteiger partial charge in [0.1, 0.15) is 11.5 Å². The van der Waals surface area contributed by atoms with Crippen molar-refractivity contribution in [2.24, 2.45) is 7.05 Å². The number of methoxy groups -OCH3 is 2. The average molecular weight is 275 g/mol. The van der Waals surface area contributed by atoms with Crippen LogP contribution in [-0.2, 0) is 18.3 Å². The fraction of sp³-hybridized carbons (Fsp3) is 0.286. The first-order chi connectivity index (χ1) is 9.62. The number of hydrogen-bond donors (Lipinski definition) is 1. The highest BCUT2D eigenvalue weighted by Crippen LogP contribution is 2.24. The van der Waals surface area contributed by atoms with E-state index >= 15 is 0 Å². The van der Waals surface area contributed by atoms with Crippen LogP contribution in [0.4, 0.5) is 5.82 Å². The lowest BCUT2D eigenvalue weighted by atomic mass is 10.1. The van der Waals surface area contributed by atoms with Crippen LogP contribution in [-0.4, -0.2) is 29.9 Å². The number of aromatic nitrogens is 2. The maximum Gasteiger partial charge on any atom is 0.230 e. The van der Waals surface area contributed by atoms with Crippen molar-refractivity contribution in [3.05, 3.63) is 36.0 Å². The molecule has 6 heteroatoms. The summed E-state index contributed by atoms with van der Waals surface area (Å²) in [6.45, 7) is 0. The first-order valence-electron chi connectivity index (χ1n) is 6.13. The fourth-order valence-corrected chi connectivity index (χ4v) is 1.86. The molecular formula is C14H17N3O3. The Kier molecular flexibility index (Phi) is 4.24. The Labute approximate surface area is 117 Å². The van der Waals surface area contributed by atoms with Crippen LogP contribution in [0.5, 0.6) is 11.5 Å². The summed E-state index contributed by atoms with van der Waals surface area (Å²) in [7, 11) is 4.95. The minimum atomic E-state index is -0.157. The topological polar surface area (TPSA) is 65.4 Å². The molecule has 0 bridgehead atoms.